The van der Waals surface area contributed by atoms with E-state index in [0.717, 1.165) is 0 Å². The molecule has 2 aromatic carbocycles. The summed E-state index contributed by atoms with van der Waals surface area (Å²) in [5.74, 6) is -2.55. The van der Waals surface area contributed by atoms with Gasteiger partial charge in [0, 0.05) is 34.6 Å². The Balaban J connectivity index is 0.000000187. The van der Waals surface area contributed by atoms with Crippen LogP contribution in [0.5, 0.6) is 0 Å². The molecule has 0 unspecified atom stereocenters. The Kier molecular flexibility index (Phi) is 7.22. The minimum Gasteiger partial charge on any atom is -0.372 e. The van der Waals surface area contributed by atoms with Crippen molar-refractivity contribution in [3.8, 4) is 11.4 Å². The molecule has 0 aliphatic carbocycles. The normalized spacial score (nSPS) is 9.93. The van der Waals surface area contributed by atoms with Crippen molar-refractivity contribution in [2.24, 2.45) is 0 Å². The molecule has 0 N–H and O–H groups in total. The van der Waals surface area contributed by atoms with Gasteiger partial charge in [-0.3, -0.25) is 0 Å². The summed E-state index contributed by atoms with van der Waals surface area (Å²) in [5.41, 5.74) is -0.181. The van der Waals surface area contributed by atoms with Gasteiger partial charge in [-0.05, 0) is 49.1 Å². The van der Waals surface area contributed by atoms with Crippen LogP contribution in [-0.4, -0.2) is 9.13 Å². The van der Waals surface area contributed by atoms with Gasteiger partial charge in [-0.15, -0.1) is 24.3 Å². The van der Waals surface area contributed by atoms with Gasteiger partial charge in [-0.1, -0.05) is 0 Å². The Hall–Kier alpha value is -2.57. The standard InChI is InChI=1S/2C10H6F2N.Ti/c2*11-8-4-3-5-9(12)10(8)13-6-1-2-7-13;/h2*1-4,6-7H;/q2*-1;+2. The van der Waals surface area contributed by atoms with Crippen molar-refractivity contribution in [3.63, 3.8) is 0 Å². The minimum absolute atomic E-state index is 0. The fourth-order valence-corrected chi connectivity index (χ4v) is 2.32. The van der Waals surface area contributed by atoms with E-state index in [0.29, 0.717) is 0 Å². The van der Waals surface area contributed by atoms with Crippen molar-refractivity contribution in [2.45, 2.75) is 0 Å². The zero-order valence-corrected chi connectivity index (χ0v) is 15.4. The molecule has 0 aliphatic heterocycles. The molecule has 2 heterocycles. The van der Waals surface area contributed by atoms with Gasteiger partial charge in [0.1, 0.15) is 0 Å². The summed E-state index contributed by atoms with van der Waals surface area (Å²) in [6.45, 7) is 0. The second kappa shape index (κ2) is 9.39. The smallest absolute Gasteiger partial charge is 0.372 e. The molecule has 0 radical (unpaired) electrons. The number of aromatic nitrogens is 2. The number of nitrogens with zero attached hydrogens (tertiary/aromatic N) is 2. The van der Waals surface area contributed by atoms with Gasteiger partial charge < -0.3 is 9.13 Å². The molecule has 4 rings (SSSR count). The van der Waals surface area contributed by atoms with Crippen LogP contribution in [0.4, 0.5) is 17.6 Å². The summed E-state index contributed by atoms with van der Waals surface area (Å²) < 4.78 is 55.2. The van der Waals surface area contributed by atoms with E-state index in [9.17, 15) is 17.6 Å². The predicted octanol–water partition coefficient (Wildman–Crippen LogP) is 5.11. The van der Waals surface area contributed by atoms with Crippen molar-refractivity contribution in [3.05, 3.63) is 109 Å². The molecule has 2 nitrogen and oxygen atoms in total. The van der Waals surface area contributed by atoms with E-state index in [-0.39, 0.29) is 33.1 Å². The summed E-state index contributed by atoms with van der Waals surface area (Å²) in [7, 11) is 0. The molecule has 0 spiro atoms. The zero-order chi connectivity index (χ0) is 18.5. The maximum Gasteiger partial charge on any atom is 2.00 e. The quantitative estimate of drug-likeness (QED) is 0.250. The average Bonchev–Trinajstić information content (AvgIpc) is 3.29. The van der Waals surface area contributed by atoms with E-state index in [2.05, 4.69) is 12.1 Å². The molecule has 0 bridgehead atoms. The third kappa shape index (κ3) is 4.79. The molecule has 0 saturated carbocycles. The Morgan fingerprint density at radius 1 is 0.593 bits per heavy atom. The van der Waals surface area contributed by atoms with Crippen LogP contribution in [-0.2, 0) is 21.7 Å². The second-order valence-corrected chi connectivity index (χ2v) is 5.16. The Labute approximate surface area is 168 Å². The first-order valence-electron chi connectivity index (χ1n) is 7.56. The summed E-state index contributed by atoms with van der Waals surface area (Å²) in [6.07, 6.45) is 6.31. The van der Waals surface area contributed by atoms with Crippen LogP contribution in [0.25, 0.3) is 11.4 Å². The van der Waals surface area contributed by atoms with E-state index < -0.39 is 23.3 Å². The number of hydrogen-bond acceptors (Lipinski definition) is 0. The molecule has 0 saturated heterocycles. The van der Waals surface area contributed by atoms with Crippen molar-refractivity contribution in [1.82, 2.24) is 9.13 Å². The molecule has 0 atom stereocenters. The van der Waals surface area contributed by atoms with Crippen LogP contribution in [0.3, 0.4) is 0 Å². The summed E-state index contributed by atoms with van der Waals surface area (Å²) >= 11 is 0. The van der Waals surface area contributed by atoms with Crippen molar-refractivity contribution in [1.29, 1.82) is 0 Å². The largest absolute Gasteiger partial charge is 2.00 e. The van der Waals surface area contributed by atoms with Crippen LogP contribution < -0.4 is 0 Å². The molecule has 0 amide bonds. The Morgan fingerprint density at radius 3 is 1.22 bits per heavy atom. The molecule has 2 aromatic heterocycles. The molecule has 27 heavy (non-hydrogen) atoms. The van der Waals surface area contributed by atoms with Crippen LogP contribution in [0.15, 0.2) is 73.3 Å². The van der Waals surface area contributed by atoms with Crippen molar-refractivity contribution >= 4 is 0 Å². The van der Waals surface area contributed by atoms with Crippen LogP contribution in [0.1, 0.15) is 0 Å². The SMILES string of the molecule is Fc1[c-]ccc(F)c1-n1cccc1.Fc1[c-]ccc(F)c1-n1cccc1.[Ti+2]. The maximum absolute atomic E-state index is 13.1. The van der Waals surface area contributed by atoms with Gasteiger partial charge in [-0.2, -0.15) is 12.1 Å². The molecular formula is C20H12F4N2Ti. The summed E-state index contributed by atoms with van der Waals surface area (Å²) in [4.78, 5) is 0. The number of halogens is 4. The van der Waals surface area contributed by atoms with Crippen LogP contribution in [0, 0.1) is 35.4 Å². The summed E-state index contributed by atoms with van der Waals surface area (Å²) in [6, 6.07) is 16.2. The third-order valence-electron chi connectivity index (χ3n) is 3.47. The first-order valence-corrected chi connectivity index (χ1v) is 7.56. The predicted molar refractivity (Wildman–Crippen MR) is 89.0 cm³/mol. The third-order valence-corrected chi connectivity index (χ3v) is 3.47. The van der Waals surface area contributed by atoms with Crippen LogP contribution >= 0.6 is 0 Å². The van der Waals surface area contributed by atoms with Gasteiger partial charge in [0.2, 0.25) is 0 Å². The topological polar surface area (TPSA) is 9.86 Å². The molecule has 0 aliphatic rings. The van der Waals surface area contributed by atoms with Crippen LogP contribution in [0.2, 0.25) is 0 Å². The number of hydrogen-bond donors (Lipinski definition) is 0. The van der Waals surface area contributed by atoms with Crippen molar-refractivity contribution in [2.75, 3.05) is 0 Å². The van der Waals surface area contributed by atoms with E-state index in [1.165, 1.54) is 33.4 Å². The fraction of sp³-hybridized carbons (Fsp3) is 0. The Bertz CT molecular complexity index is 861. The molecule has 134 valence electrons. The molecule has 7 heteroatoms. The van der Waals surface area contributed by atoms with E-state index in [1.54, 1.807) is 49.1 Å². The first-order chi connectivity index (χ1) is 12.6. The molecular weight excluding hydrogens is 392 g/mol. The van der Waals surface area contributed by atoms with E-state index in [1.807, 2.05) is 0 Å². The van der Waals surface area contributed by atoms with Gasteiger partial charge >= 0.3 is 21.7 Å². The van der Waals surface area contributed by atoms with Gasteiger partial charge in [0.25, 0.3) is 0 Å². The average molecular weight is 404 g/mol. The van der Waals surface area contributed by atoms with Gasteiger partial charge in [0.05, 0.1) is 0 Å². The van der Waals surface area contributed by atoms with Crippen molar-refractivity contribution < 1.29 is 39.3 Å². The van der Waals surface area contributed by atoms with Gasteiger partial charge in [-0.25, -0.2) is 17.6 Å². The second-order valence-electron chi connectivity index (χ2n) is 5.16. The molecule has 0 fully saturated rings. The maximum atomic E-state index is 13.1. The zero-order valence-electron chi connectivity index (χ0n) is 13.8. The first kappa shape index (κ1) is 20.7. The molecule has 4 aromatic rings. The van der Waals surface area contributed by atoms with Gasteiger partial charge in [0.15, 0.2) is 0 Å². The monoisotopic (exact) mass is 404 g/mol. The number of benzene rings is 2. The number of rotatable bonds is 2. The minimum atomic E-state index is -0.684. The van der Waals surface area contributed by atoms with E-state index >= 15 is 0 Å². The summed E-state index contributed by atoms with van der Waals surface area (Å²) in [5, 5.41) is 0. The van der Waals surface area contributed by atoms with E-state index in [4.69, 9.17) is 0 Å². The Morgan fingerprint density at radius 2 is 0.926 bits per heavy atom. The fourth-order valence-electron chi connectivity index (χ4n) is 2.32.